The molecule has 4 heteroatoms. The smallest absolute Gasteiger partial charge is 0.307 e. The Morgan fingerprint density at radius 3 is 2.50 bits per heavy atom. The number of benzene rings is 2. The van der Waals surface area contributed by atoms with Crippen LogP contribution in [0.5, 0.6) is 5.75 Å². The van der Waals surface area contributed by atoms with E-state index in [1.54, 1.807) is 14.0 Å². The molecule has 0 amide bonds. The second-order valence-electron chi connectivity index (χ2n) is 4.94. The highest BCUT2D eigenvalue weighted by atomic mass is 16.5. The van der Waals surface area contributed by atoms with Crippen LogP contribution in [0.15, 0.2) is 48.5 Å². The van der Waals surface area contributed by atoms with Gasteiger partial charge in [0.15, 0.2) is 0 Å². The molecule has 0 radical (unpaired) electrons. The Labute approximate surface area is 130 Å². The summed E-state index contributed by atoms with van der Waals surface area (Å²) >= 11 is 0. The lowest BCUT2D eigenvalue weighted by molar-refractivity contribution is -0.143. The van der Waals surface area contributed by atoms with Crippen molar-refractivity contribution >= 4 is 5.97 Å². The average molecular weight is 299 g/mol. The molecule has 2 aromatic carbocycles. The first-order valence-electron chi connectivity index (χ1n) is 7.30. The molecule has 0 spiro atoms. The number of hydrogen-bond acceptors (Lipinski definition) is 4. The Hall–Kier alpha value is -2.33. The first-order valence-corrected chi connectivity index (χ1v) is 7.30. The second kappa shape index (κ2) is 7.61. The van der Waals surface area contributed by atoms with Crippen LogP contribution >= 0.6 is 0 Å². The lowest BCUT2D eigenvalue weighted by Crippen LogP contribution is -2.18. The molecule has 1 atom stereocenters. The minimum atomic E-state index is -0.460. The molecule has 2 rings (SSSR count). The molecule has 0 saturated carbocycles. The summed E-state index contributed by atoms with van der Waals surface area (Å²) in [4.78, 5) is 11.6. The summed E-state index contributed by atoms with van der Waals surface area (Å²) in [5.41, 5.74) is 9.10. The van der Waals surface area contributed by atoms with Crippen molar-refractivity contribution in [3.63, 3.8) is 0 Å². The van der Waals surface area contributed by atoms with Gasteiger partial charge < -0.3 is 15.2 Å². The molecule has 0 fully saturated rings. The number of ether oxygens (including phenoxy) is 2. The molecular formula is C18H21NO3. The number of rotatable bonds is 6. The Morgan fingerprint density at radius 2 is 1.86 bits per heavy atom. The average Bonchev–Trinajstić information content (AvgIpc) is 2.55. The lowest BCUT2D eigenvalue weighted by Gasteiger charge is -2.16. The number of carbonyl (C=O) groups excluding carboxylic acids is 1. The van der Waals surface area contributed by atoms with Gasteiger partial charge in [-0.15, -0.1) is 0 Å². The van der Waals surface area contributed by atoms with E-state index in [1.807, 2.05) is 48.5 Å². The van der Waals surface area contributed by atoms with Crippen LogP contribution in [0.3, 0.4) is 0 Å². The number of esters is 1. The Morgan fingerprint density at radius 1 is 1.14 bits per heavy atom. The van der Waals surface area contributed by atoms with Crippen molar-refractivity contribution in [2.24, 2.45) is 5.73 Å². The first kappa shape index (κ1) is 16.0. The largest absolute Gasteiger partial charge is 0.496 e. The van der Waals surface area contributed by atoms with Gasteiger partial charge in [0.2, 0.25) is 0 Å². The van der Waals surface area contributed by atoms with E-state index < -0.39 is 6.04 Å². The highest BCUT2D eigenvalue weighted by Crippen LogP contribution is 2.31. The fourth-order valence-electron chi connectivity index (χ4n) is 2.34. The Balaban J connectivity index is 2.30. The summed E-state index contributed by atoms with van der Waals surface area (Å²) in [7, 11) is 1.60. The SMILES string of the molecule is CCOC(=O)C[C@H](N)c1cc(-c2ccccc2)ccc1OC. The maximum absolute atomic E-state index is 11.6. The number of methoxy groups -OCH3 is 1. The predicted octanol–water partition coefficient (Wildman–Crippen LogP) is 3.32. The lowest BCUT2D eigenvalue weighted by atomic mass is 9.97. The topological polar surface area (TPSA) is 61.5 Å². The fourth-order valence-corrected chi connectivity index (χ4v) is 2.34. The summed E-state index contributed by atoms with van der Waals surface area (Å²) in [5, 5.41) is 0. The Kier molecular flexibility index (Phi) is 5.55. The molecule has 0 unspecified atom stereocenters. The van der Waals surface area contributed by atoms with Gasteiger partial charge in [-0.1, -0.05) is 36.4 Å². The van der Waals surface area contributed by atoms with E-state index in [9.17, 15) is 4.79 Å². The van der Waals surface area contributed by atoms with Crippen molar-refractivity contribution in [1.29, 1.82) is 0 Å². The molecule has 22 heavy (non-hydrogen) atoms. The van der Waals surface area contributed by atoms with Crippen LogP contribution in [-0.4, -0.2) is 19.7 Å². The third-order valence-corrected chi connectivity index (χ3v) is 3.43. The van der Waals surface area contributed by atoms with Gasteiger partial charge in [-0.25, -0.2) is 0 Å². The summed E-state index contributed by atoms with van der Waals surface area (Å²) < 4.78 is 10.3. The van der Waals surface area contributed by atoms with Gasteiger partial charge in [0.05, 0.1) is 20.1 Å². The summed E-state index contributed by atoms with van der Waals surface area (Å²) in [5.74, 6) is 0.374. The molecule has 116 valence electrons. The molecule has 0 aromatic heterocycles. The van der Waals surface area contributed by atoms with Gasteiger partial charge in [0, 0.05) is 11.6 Å². The molecule has 0 aliphatic carbocycles. The summed E-state index contributed by atoms with van der Waals surface area (Å²) in [6.45, 7) is 2.13. The van der Waals surface area contributed by atoms with Gasteiger partial charge in [-0.05, 0) is 30.2 Å². The zero-order chi connectivity index (χ0) is 15.9. The van der Waals surface area contributed by atoms with Gasteiger partial charge in [-0.3, -0.25) is 4.79 Å². The predicted molar refractivity (Wildman–Crippen MR) is 86.6 cm³/mol. The van der Waals surface area contributed by atoms with Gasteiger partial charge >= 0.3 is 5.97 Å². The fraction of sp³-hybridized carbons (Fsp3) is 0.278. The van der Waals surface area contributed by atoms with Gasteiger partial charge in [0.1, 0.15) is 5.75 Å². The molecule has 0 bridgehead atoms. The molecule has 4 nitrogen and oxygen atoms in total. The summed E-state index contributed by atoms with van der Waals surface area (Å²) in [6.07, 6.45) is 0.127. The van der Waals surface area contributed by atoms with E-state index in [2.05, 4.69) is 0 Å². The minimum Gasteiger partial charge on any atom is -0.496 e. The van der Waals surface area contributed by atoms with E-state index in [-0.39, 0.29) is 12.4 Å². The van der Waals surface area contributed by atoms with Crippen LogP contribution in [0.4, 0.5) is 0 Å². The quantitative estimate of drug-likeness (QED) is 0.831. The standard InChI is InChI=1S/C18H21NO3/c1-3-22-18(20)12-16(19)15-11-14(9-10-17(15)21-2)13-7-5-4-6-8-13/h4-11,16H,3,12,19H2,1-2H3/t16-/m0/s1. The zero-order valence-corrected chi connectivity index (χ0v) is 12.9. The van der Waals surface area contributed by atoms with Crippen LogP contribution in [-0.2, 0) is 9.53 Å². The number of carbonyl (C=O) groups is 1. The van der Waals surface area contributed by atoms with E-state index in [1.165, 1.54) is 0 Å². The highest BCUT2D eigenvalue weighted by Gasteiger charge is 2.17. The summed E-state index contributed by atoms with van der Waals surface area (Å²) in [6, 6.07) is 15.4. The first-order chi connectivity index (χ1) is 10.7. The van der Waals surface area contributed by atoms with Crippen molar-refractivity contribution in [3.05, 3.63) is 54.1 Å². The molecule has 0 aliphatic rings. The van der Waals surface area contributed by atoms with Gasteiger partial charge in [-0.2, -0.15) is 0 Å². The van der Waals surface area contributed by atoms with Crippen molar-refractivity contribution < 1.29 is 14.3 Å². The van der Waals surface area contributed by atoms with Crippen LogP contribution in [0.1, 0.15) is 24.9 Å². The second-order valence-corrected chi connectivity index (χ2v) is 4.94. The molecule has 0 saturated heterocycles. The third-order valence-electron chi connectivity index (χ3n) is 3.43. The third kappa shape index (κ3) is 3.86. The van der Waals surface area contributed by atoms with Gasteiger partial charge in [0.25, 0.3) is 0 Å². The normalized spacial score (nSPS) is 11.8. The Bertz CT molecular complexity index is 625. The zero-order valence-electron chi connectivity index (χ0n) is 12.9. The van der Waals surface area contributed by atoms with Crippen molar-refractivity contribution in [1.82, 2.24) is 0 Å². The maximum Gasteiger partial charge on any atom is 0.307 e. The molecular weight excluding hydrogens is 278 g/mol. The van der Waals surface area contributed by atoms with Crippen molar-refractivity contribution in [2.75, 3.05) is 13.7 Å². The van der Waals surface area contributed by atoms with Crippen LogP contribution in [0.2, 0.25) is 0 Å². The van der Waals surface area contributed by atoms with Crippen molar-refractivity contribution in [2.45, 2.75) is 19.4 Å². The molecule has 0 aliphatic heterocycles. The molecule has 2 aromatic rings. The minimum absolute atomic E-state index is 0.127. The van der Waals surface area contributed by atoms with E-state index >= 15 is 0 Å². The maximum atomic E-state index is 11.6. The monoisotopic (exact) mass is 299 g/mol. The van der Waals surface area contributed by atoms with Crippen LogP contribution in [0.25, 0.3) is 11.1 Å². The molecule has 2 N–H and O–H groups in total. The van der Waals surface area contributed by atoms with E-state index in [0.29, 0.717) is 12.4 Å². The van der Waals surface area contributed by atoms with Crippen LogP contribution in [0, 0.1) is 0 Å². The molecule has 0 heterocycles. The van der Waals surface area contributed by atoms with Crippen LogP contribution < -0.4 is 10.5 Å². The van der Waals surface area contributed by atoms with E-state index in [0.717, 1.165) is 16.7 Å². The highest BCUT2D eigenvalue weighted by molar-refractivity contribution is 5.71. The van der Waals surface area contributed by atoms with Crippen molar-refractivity contribution in [3.8, 4) is 16.9 Å². The number of nitrogens with two attached hydrogens (primary N) is 1. The number of hydrogen-bond donors (Lipinski definition) is 1. The van der Waals surface area contributed by atoms with E-state index in [4.69, 9.17) is 15.2 Å².